The van der Waals surface area contributed by atoms with Crippen molar-refractivity contribution in [1.29, 1.82) is 0 Å². The standard InChI is InChI=1S/C10H8N4OS/c1-5-11-7-4-6(2-3-8(7)16-5)9-12-10(15)14-13-9/h2-4H,1H3,(H2,12,13,14,15). The first-order valence-electron chi connectivity index (χ1n) is 4.74. The zero-order valence-corrected chi connectivity index (χ0v) is 9.26. The average molecular weight is 232 g/mol. The average Bonchev–Trinajstić information content (AvgIpc) is 2.81. The van der Waals surface area contributed by atoms with E-state index >= 15 is 0 Å². The summed E-state index contributed by atoms with van der Waals surface area (Å²) >= 11 is 1.65. The van der Waals surface area contributed by atoms with E-state index in [9.17, 15) is 4.79 Å². The first kappa shape index (κ1) is 9.29. The molecular formula is C10H8N4OS. The fourth-order valence-electron chi connectivity index (χ4n) is 1.60. The molecule has 2 heterocycles. The molecule has 0 bridgehead atoms. The van der Waals surface area contributed by atoms with Gasteiger partial charge in [0.1, 0.15) is 0 Å². The predicted octanol–water partition coefficient (Wildman–Crippen LogP) is 1.68. The summed E-state index contributed by atoms with van der Waals surface area (Å²) in [5.41, 5.74) is 1.49. The van der Waals surface area contributed by atoms with E-state index < -0.39 is 0 Å². The Kier molecular flexibility index (Phi) is 1.90. The van der Waals surface area contributed by atoms with Crippen LogP contribution < -0.4 is 5.69 Å². The lowest BCUT2D eigenvalue weighted by molar-refractivity contribution is 1.05. The van der Waals surface area contributed by atoms with Crippen LogP contribution in [0.2, 0.25) is 0 Å². The van der Waals surface area contributed by atoms with Crippen LogP contribution in [0.15, 0.2) is 23.0 Å². The fourth-order valence-corrected chi connectivity index (χ4v) is 2.40. The van der Waals surface area contributed by atoms with E-state index in [2.05, 4.69) is 20.2 Å². The minimum atomic E-state index is -0.301. The smallest absolute Gasteiger partial charge is 0.289 e. The van der Waals surface area contributed by atoms with Gasteiger partial charge < -0.3 is 0 Å². The zero-order valence-electron chi connectivity index (χ0n) is 8.44. The van der Waals surface area contributed by atoms with Gasteiger partial charge >= 0.3 is 5.69 Å². The van der Waals surface area contributed by atoms with Crippen molar-refractivity contribution in [3.8, 4) is 11.4 Å². The van der Waals surface area contributed by atoms with E-state index in [1.165, 1.54) is 0 Å². The molecule has 0 fully saturated rings. The quantitative estimate of drug-likeness (QED) is 0.670. The molecule has 2 aromatic heterocycles. The molecule has 2 N–H and O–H groups in total. The van der Waals surface area contributed by atoms with Gasteiger partial charge in [-0.1, -0.05) is 0 Å². The van der Waals surface area contributed by atoms with Gasteiger partial charge in [-0.15, -0.1) is 11.3 Å². The molecular weight excluding hydrogens is 224 g/mol. The Balaban J connectivity index is 2.21. The largest absolute Gasteiger partial charge is 0.340 e. The van der Waals surface area contributed by atoms with Crippen molar-refractivity contribution in [2.75, 3.05) is 0 Å². The Labute approximate surface area is 94.2 Å². The highest BCUT2D eigenvalue weighted by Gasteiger charge is 2.05. The Morgan fingerprint density at radius 1 is 1.38 bits per heavy atom. The summed E-state index contributed by atoms with van der Waals surface area (Å²) in [6.45, 7) is 1.97. The van der Waals surface area contributed by atoms with Crippen LogP contribution in [-0.2, 0) is 0 Å². The number of thiazole rings is 1. The summed E-state index contributed by atoms with van der Waals surface area (Å²) in [7, 11) is 0. The lowest BCUT2D eigenvalue weighted by Gasteiger charge is -1.94. The van der Waals surface area contributed by atoms with Crippen LogP contribution in [0.5, 0.6) is 0 Å². The molecule has 3 aromatic rings. The van der Waals surface area contributed by atoms with Crippen LogP contribution in [0.4, 0.5) is 0 Å². The SMILES string of the molecule is Cc1nc2cc(-c3n[nH]c(=O)[nH]3)ccc2s1. The van der Waals surface area contributed by atoms with Gasteiger partial charge in [-0.2, -0.15) is 5.10 Å². The highest BCUT2D eigenvalue weighted by atomic mass is 32.1. The van der Waals surface area contributed by atoms with Crippen LogP contribution in [0.25, 0.3) is 21.6 Å². The highest BCUT2D eigenvalue weighted by Crippen LogP contribution is 2.25. The van der Waals surface area contributed by atoms with Crippen molar-refractivity contribution in [3.63, 3.8) is 0 Å². The van der Waals surface area contributed by atoms with Crippen molar-refractivity contribution in [1.82, 2.24) is 20.2 Å². The van der Waals surface area contributed by atoms with E-state index in [1.807, 2.05) is 25.1 Å². The second-order valence-corrected chi connectivity index (χ2v) is 4.68. The topological polar surface area (TPSA) is 74.4 Å². The van der Waals surface area contributed by atoms with Gasteiger partial charge in [-0.3, -0.25) is 4.98 Å². The summed E-state index contributed by atoms with van der Waals surface area (Å²) in [5.74, 6) is 0.539. The number of hydrogen-bond donors (Lipinski definition) is 2. The molecule has 0 amide bonds. The van der Waals surface area contributed by atoms with Gasteiger partial charge in [-0.25, -0.2) is 14.9 Å². The normalized spacial score (nSPS) is 11.1. The minimum Gasteiger partial charge on any atom is -0.289 e. The number of H-pyrrole nitrogens is 2. The Bertz CT molecular complexity index is 709. The number of nitrogens with zero attached hydrogens (tertiary/aromatic N) is 2. The van der Waals surface area contributed by atoms with Gasteiger partial charge in [0.25, 0.3) is 0 Å². The number of fused-ring (bicyclic) bond motifs is 1. The van der Waals surface area contributed by atoms with E-state index in [0.29, 0.717) is 5.82 Å². The Morgan fingerprint density at radius 3 is 3.00 bits per heavy atom. The molecule has 0 unspecified atom stereocenters. The zero-order chi connectivity index (χ0) is 11.1. The first-order valence-corrected chi connectivity index (χ1v) is 5.56. The van der Waals surface area contributed by atoms with Gasteiger partial charge in [0, 0.05) is 5.56 Å². The third kappa shape index (κ3) is 1.43. The van der Waals surface area contributed by atoms with Gasteiger partial charge in [-0.05, 0) is 25.1 Å². The molecule has 0 spiro atoms. The molecule has 5 nitrogen and oxygen atoms in total. The van der Waals surface area contributed by atoms with E-state index in [1.54, 1.807) is 11.3 Å². The third-order valence-electron chi connectivity index (χ3n) is 2.27. The molecule has 0 saturated carbocycles. The second kappa shape index (κ2) is 3.28. The van der Waals surface area contributed by atoms with Crippen LogP contribution in [-0.4, -0.2) is 20.2 Å². The van der Waals surface area contributed by atoms with Gasteiger partial charge in [0.15, 0.2) is 5.82 Å². The summed E-state index contributed by atoms with van der Waals surface area (Å²) in [5, 5.41) is 7.25. The molecule has 0 radical (unpaired) electrons. The monoisotopic (exact) mass is 232 g/mol. The molecule has 0 saturated heterocycles. The molecule has 0 atom stereocenters. The maximum atomic E-state index is 10.9. The van der Waals surface area contributed by atoms with E-state index in [-0.39, 0.29) is 5.69 Å². The van der Waals surface area contributed by atoms with Crippen molar-refractivity contribution in [2.24, 2.45) is 0 Å². The van der Waals surface area contributed by atoms with Gasteiger partial charge in [0.05, 0.1) is 15.2 Å². The Morgan fingerprint density at radius 2 is 2.25 bits per heavy atom. The molecule has 16 heavy (non-hydrogen) atoms. The molecule has 0 aliphatic carbocycles. The summed E-state index contributed by atoms with van der Waals surface area (Å²) < 4.78 is 1.14. The number of aromatic amines is 2. The van der Waals surface area contributed by atoms with E-state index in [4.69, 9.17) is 0 Å². The number of aromatic nitrogens is 4. The maximum Gasteiger partial charge on any atom is 0.340 e. The number of nitrogens with one attached hydrogen (secondary N) is 2. The van der Waals surface area contributed by atoms with E-state index in [0.717, 1.165) is 20.8 Å². The molecule has 1 aromatic carbocycles. The van der Waals surface area contributed by atoms with Crippen molar-refractivity contribution >= 4 is 21.6 Å². The maximum absolute atomic E-state index is 10.9. The first-order chi connectivity index (χ1) is 7.72. The minimum absolute atomic E-state index is 0.301. The van der Waals surface area contributed by atoms with Gasteiger partial charge in [0.2, 0.25) is 0 Å². The van der Waals surface area contributed by atoms with Crippen molar-refractivity contribution in [2.45, 2.75) is 6.92 Å². The lowest BCUT2D eigenvalue weighted by Crippen LogP contribution is -2.00. The second-order valence-electron chi connectivity index (χ2n) is 3.44. The van der Waals surface area contributed by atoms with Crippen LogP contribution in [0.1, 0.15) is 5.01 Å². The lowest BCUT2D eigenvalue weighted by atomic mass is 10.2. The van der Waals surface area contributed by atoms with Crippen LogP contribution in [0.3, 0.4) is 0 Å². The van der Waals surface area contributed by atoms with Crippen LogP contribution in [0, 0.1) is 6.92 Å². The van der Waals surface area contributed by atoms with Crippen molar-refractivity contribution < 1.29 is 0 Å². The Hall–Kier alpha value is -1.95. The third-order valence-corrected chi connectivity index (χ3v) is 3.22. The number of hydrogen-bond acceptors (Lipinski definition) is 4. The fraction of sp³-hybridized carbons (Fsp3) is 0.100. The summed E-state index contributed by atoms with van der Waals surface area (Å²) in [4.78, 5) is 18.0. The molecule has 6 heteroatoms. The predicted molar refractivity (Wildman–Crippen MR) is 62.6 cm³/mol. The molecule has 0 aliphatic rings. The van der Waals surface area contributed by atoms with Crippen molar-refractivity contribution in [3.05, 3.63) is 33.7 Å². The highest BCUT2D eigenvalue weighted by molar-refractivity contribution is 7.18. The summed E-state index contributed by atoms with van der Waals surface area (Å²) in [6.07, 6.45) is 0. The molecule has 3 rings (SSSR count). The van der Waals surface area contributed by atoms with Crippen LogP contribution >= 0.6 is 11.3 Å². The summed E-state index contributed by atoms with van der Waals surface area (Å²) in [6, 6.07) is 5.83. The number of benzene rings is 1. The molecule has 0 aliphatic heterocycles. The molecule has 80 valence electrons. The number of rotatable bonds is 1. The number of aryl methyl sites for hydroxylation is 1.